The SMILES string of the molecule is [2H]/C(=C1/C(=O)c2cc3cc(C)sc3cc2C1=O)c1ccc(N2c3ccccc3[Se]c3ccccc32)[se]1. The molecule has 0 N–H and O–H groups in total. The average Bonchev–Trinajstić information content (AvgIpc) is 3.57. The van der Waals surface area contributed by atoms with Crippen LogP contribution in [0.3, 0.4) is 0 Å². The molecule has 0 saturated carbocycles. The van der Waals surface area contributed by atoms with Gasteiger partial charge in [0, 0.05) is 0 Å². The summed E-state index contributed by atoms with van der Waals surface area (Å²) in [5, 5.41) is 0.975. The topological polar surface area (TPSA) is 37.4 Å². The molecule has 0 atom stereocenters. The molecule has 2 aromatic heterocycles. The fraction of sp³-hybridized carbons (Fsp3) is 0.0345. The van der Waals surface area contributed by atoms with E-state index in [1.165, 1.54) is 20.3 Å². The Morgan fingerprint density at radius 2 is 1.51 bits per heavy atom. The second-order valence-corrected chi connectivity index (χ2v) is 14.3. The molecule has 0 bridgehead atoms. The van der Waals surface area contributed by atoms with Gasteiger partial charge < -0.3 is 0 Å². The van der Waals surface area contributed by atoms with Gasteiger partial charge in [-0.15, -0.1) is 0 Å². The van der Waals surface area contributed by atoms with E-state index in [2.05, 4.69) is 53.4 Å². The van der Waals surface area contributed by atoms with Gasteiger partial charge in [0.05, 0.1) is 0 Å². The third-order valence-corrected chi connectivity index (χ3v) is 11.7. The zero-order valence-electron chi connectivity index (χ0n) is 19.5. The van der Waals surface area contributed by atoms with E-state index in [-0.39, 0.29) is 52.7 Å². The summed E-state index contributed by atoms with van der Waals surface area (Å²) in [6, 6.07) is 26.7. The van der Waals surface area contributed by atoms with Crippen LogP contribution in [0, 0.1) is 6.92 Å². The van der Waals surface area contributed by atoms with E-state index in [1.54, 1.807) is 11.3 Å². The molecule has 168 valence electrons. The molecule has 35 heavy (non-hydrogen) atoms. The molecule has 1 aliphatic heterocycles. The molecule has 2 aliphatic rings. The predicted molar refractivity (Wildman–Crippen MR) is 146 cm³/mol. The first-order valence-electron chi connectivity index (χ1n) is 11.6. The van der Waals surface area contributed by atoms with Crippen LogP contribution in [0.5, 0.6) is 0 Å². The van der Waals surface area contributed by atoms with Crippen LogP contribution in [0.25, 0.3) is 16.1 Å². The molecule has 7 rings (SSSR count). The van der Waals surface area contributed by atoms with Gasteiger partial charge in [0.2, 0.25) is 0 Å². The van der Waals surface area contributed by atoms with Crippen LogP contribution in [0.2, 0.25) is 0 Å². The Kier molecular flexibility index (Phi) is 4.64. The van der Waals surface area contributed by atoms with Crippen molar-refractivity contribution >= 4 is 93.4 Å². The number of aryl methyl sites for hydroxylation is 1. The molecule has 3 aromatic carbocycles. The van der Waals surface area contributed by atoms with Crippen molar-refractivity contribution in [1.82, 2.24) is 0 Å². The summed E-state index contributed by atoms with van der Waals surface area (Å²) >= 11 is 1.62. The summed E-state index contributed by atoms with van der Waals surface area (Å²) in [5.74, 6) is -0.651. The van der Waals surface area contributed by atoms with Crippen molar-refractivity contribution in [3.8, 4) is 0 Å². The van der Waals surface area contributed by atoms with Crippen LogP contribution in [-0.2, 0) is 0 Å². The molecule has 0 amide bonds. The average molecular weight is 602 g/mol. The summed E-state index contributed by atoms with van der Waals surface area (Å²) in [4.78, 5) is 30.1. The number of ketones is 2. The summed E-state index contributed by atoms with van der Waals surface area (Å²) in [6.45, 7) is 2.02. The molecule has 3 heterocycles. The Morgan fingerprint density at radius 3 is 2.23 bits per heavy atom. The molecular weight excluding hydrogens is 584 g/mol. The number of nitrogens with zero attached hydrogens (tertiary/aromatic N) is 1. The molecule has 0 radical (unpaired) electrons. The van der Waals surface area contributed by atoms with Gasteiger partial charge >= 0.3 is 221 Å². The van der Waals surface area contributed by atoms with E-state index in [0.29, 0.717) is 11.1 Å². The number of allylic oxidation sites excluding steroid dienone is 1. The maximum atomic E-state index is 13.3. The second-order valence-electron chi connectivity index (χ2n) is 8.46. The number of carbonyl (C=O) groups is 2. The Morgan fingerprint density at radius 1 is 0.857 bits per heavy atom. The van der Waals surface area contributed by atoms with Gasteiger partial charge in [0.1, 0.15) is 0 Å². The van der Waals surface area contributed by atoms with E-state index >= 15 is 0 Å². The minimum absolute atomic E-state index is 0.00456. The van der Waals surface area contributed by atoms with Gasteiger partial charge in [-0.05, 0) is 0 Å². The van der Waals surface area contributed by atoms with Crippen LogP contribution in [-0.4, -0.2) is 41.0 Å². The van der Waals surface area contributed by atoms with E-state index in [9.17, 15) is 9.59 Å². The zero-order valence-corrected chi connectivity index (χ0v) is 22.7. The molecule has 0 spiro atoms. The van der Waals surface area contributed by atoms with Crippen molar-refractivity contribution in [3.05, 3.63) is 105 Å². The number of anilines is 3. The monoisotopic (exact) mass is 604 g/mol. The Labute approximate surface area is 220 Å². The Balaban J connectivity index is 1.32. The fourth-order valence-corrected chi connectivity index (χ4v) is 9.80. The van der Waals surface area contributed by atoms with Crippen molar-refractivity contribution in [3.63, 3.8) is 0 Å². The third-order valence-electron chi connectivity index (χ3n) is 6.22. The van der Waals surface area contributed by atoms with Gasteiger partial charge in [-0.1, -0.05) is 0 Å². The summed E-state index contributed by atoms with van der Waals surface area (Å²) in [6.07, 6.45) is 0. The first-order valence-corrected chi connectivity index (χ1v) is 15.3. The number of hydrogen-bond acceptors (Lipinski definition) is 4. The van der Waals surface area contributed by atoms with Gasteiger partial charge in [-0.3, -0.25) is 0 Å². The third kappa shape index (κ3) is 3.37. The Hall–Kier alpha value is -2.98. The number of benzene rings is 3. The van der Waals surface area contributed by atoms with Crippen molar-refractivity contribution in [2.24, 2.45) is 0 Å². The second kappa shape index (κ2) is 8.02. The summed E-state index contributed by atoms with van der Waals surface area (Å²) in [5.41, 5.74) is 3.20. The molecule has 3 nitrogen and oxygen atoms in total. The number of thiophene rings is 1. The normalized spacial score (nSPS) is 16.3. The number of Topliss-reactive ketones (excluding diaryl/α,β-unsaturated/α-hetero) is 2. The molecule has 0 fully saturated rings. The first kappa shape index (κ1) is 20.2. The first-order chi connectivity index (χ1) is 17.5. The number of carbonyl (C=O) groups excluding carboxylic acids is 2. The van der Waals surface area contributed by atoms with Crippen LogP contribution < -0.4 is 13.8 Å². The summed E-state index contributed by atoms with van der Waals surface area (Å²) < 4.78 is 14.4. The van der Waals surface area contributed by atoms with Crippen molar-refractivity contribution < 1.29 is 11.0 Å². The Bertz CT molecular complexity index is 1700. The standard InChI is InChI=1S/C29H17NO2SSe2/c1-16-12-17-13-19-20(15-24(17)33-16)29(32)21(28(19)31)14-18-10-11-27(34-18)30-22-6-2-4-8-25(22)35-26-9-5-3-7-23(26)30/h2-15H,1H3/b21-14+/i14D. The quantitative estimate of drug-likeness (QED) is 0.156. The fourth-order valence-electron chi connectivity index (χ4n) is 4.66. The number of para-hydroxylation sites is 2. The van der Waals surface area contributed by atoms with Gasteiger partial charge in [-0.2, -0.15) is 0 Å². The van der Waals surface area contributed by atoms with Gasteiger partial charge in [-0.25, -0.2) is 0 Å². The molecule has 1 aliphatic carbocycles. The van der Waals surface area contributed by atoms with Crippen molar-refractivity contribution in [1.29, 1.82) is 0 Å². The zero-order chi connectivity index (χ0) is 24.6. The number of rotatable bonds is 2. The van der Waals surface area contributed by atoms with Crippen LogP contribution in [0.15, 0.2) is 84.4 Å². The van der Waals surface area contributed by atoms with E-state index in [4.69, 9.17) is 1.37 Å². The van der Waals surface area contributed by atoms with Crippen LogP contribution in [0.4, 0.5) is 15.9 Å². The molecule has 5 aromatic rings. The van der Waals surface area contributed by atoms with Crippen LogP contribution >= 0.6 is 11.3 Å². The van der Waals surface area contributed by atoms with Crippen molar-refractivity contribution in [2.75, 3.05) is 4.90 Å². The molecule has 0 saturated heterocycles. The van der Waals surface area contributed by atoms with Gasteiger partial charge in [0.25, 0.3) is 0 Å². The van der Waals surface area contributed by atoms with E-state index in [1.807, 2.05) is 37.3 Å². The minimum atomic E-state index is -0.327. The summed E-state index contributed by atoms with van der Waals surface area (Å²) in [7, 11) is 0. The van der Waals surface area contributed by atoms with Crippen LogP contribution in [0.1, 0.15) is 31.4 Å². The number of fused-ring (bicyclic) bond motifs is 4. The predicted octanol–water partition coefficient (Wildman–Crippen LogP) is 5.17. The molecular formula is C29H17NO2SSe2. The molecule has 0 unspecified atom stereocenters. The van der Waals surface area contributed by atoms with E-state index < -0.39 is 0 Å². The van der Waals surface area contributed by atoms with E-state index in [0.717, 1.165) is 24.0 Å². The number of hydrogen-bond donors (Lipinski definition) is 0. The maximum absolute atomic E-state index is 13.3. The molecule has 6 heteroatoms. The van der Waals surface area contributed by atoms with Gasteiger partial charge in [0.15, 0.2) is 0 Å². The van der Waals surface area contributed by atoms with Crippen molar-refractivity contribution in [2.45, 2.75) is 6.92 Å².